The van der Waals surface area contributed by atoms with E-state index < -0.39 is 11.6 Å². The summed E-state index contributed by atoms with van der Waals surface area (Å²) in [4.78, 5) is 0. The SMILES string of the molecule is CC(C)(C)NCc1nnc(Cc2ccc(F)cc2F)s1. The number of halogens is 2. The first-order chi connectivity index (χ1) is 9.33. The molecule has 0 aliphatic rings. The van der Waals surface area contributed by atoms with E-state index in [0.717, 1.165) is 16.1 Å². The van der Waals surface area contributed by atoms with E-state index in [1.807, 2.05) is 0 Å². The quantitative estimate of drug-likeness (QED) is 0.941. The molecule has 2 rings (SSSR count). The highest BCUT2D eigenvalue weighted by atomic mass is 32.1. The van der Waals surface area contributed by atoms with Gasteiger partial charge in [0.2, 0.25) is 0 Å². The Labute approximate surface area is 121 Å². The molecule has 0 saturated heterocycles. The fraction of sp³-hybridized carbons (Fsp3) is 0.429. The second-order valence-corrected chi connectivity index (χ2v) is 6.75. The minimum absolute atomic E-state index is 0.00883. The van der Waals surface area contributed by atoms with Crippen LogP contribution in [-0.2, 0) is 13.0 Å². The molecule has 0 amide bonds. The monoisotopic (exact) mass is 297 g/mol. The molecule has 0 saturated carbocycles. The van der Waals surface area contributed by atoms with Crippen molar-refractivity contribution in [2.45, 2.75) is 39.3 Å². The van der Waals surface area contributed by atoms with E-state index in [4.69, 9.17) is 0 Å². The topological polar surface area (TPSA) is 37.8 Å². The molecule has 6 heteroatoms. The molecular weight excluding hydrogens is 280 g/mol. The van der Waals surface area contributed by atoms with E-state index in [1.54, 1.807) is 0 Å². The van der Waals surface area contributed by atoms with Gasteiger partial charge in [-0.25, -0.2) is 8.78 Å². The van der Waals surface area contributed by atoms with Crippen LogP contribution in [0.3, 0.4) is 0 Å². The van der Waals surface area contributed by atoms with Crippen LogP contribution in [0.5, 0.6) is 0 Å². The Morgan fingerprint density at radius 2 is 1.85 bits per heavy atom. The summed E-state index contributed by atoms with van der Waals surface area (Å²) < 4.78 is 26.4. The summed E-state index contributed by atoms with van der Waals surface area (Å²) >= 11 is 1.44. The molecular formula is C14H17F2N3S. The summed E-state index contributed by atoms with van der Waals surface area (Å²) in [5.41, 5.74) is 0.437. The lowest BCUT2D eigenvalue weighted by Gasteiger charge is -2.19. The molecule has 1 aromatic heterocycles. The van der Waals surface area contributed by atoms with Crippen LogP contribution < -0.4 is 5.32 Å². The first kappa shape index (κ1) is 15.0. The average molecular weight is 297 g/mol. The molecule has 0 fully saturated rings. The number of nitrogens with zero attached hydrogens (tertiary/aromatic N) is 2. The van der Waals surface area contributed by atoms with Crippen LogP contribution in [0.4, 0.5) is 8.78 Å². The zero-order valence-corrected chi connectivity index (χ0v) is 12.5. The normalized spacial score (nSPS) is 11.8. The minimum Gasteiger partial charge on any atom is -0.306 e. The third-order valence-electron chi connectivity index (χ3n) is 2.64. The van der Waals surface area contributed by atoms with Gasteiger partial charge in [-0.05, 0) is 32.4 Å². The van der Waals surface area contributed by atoms with Crippen molar-refractivity contribution in [1.82, 2.24) is 15.5 Å². The van der Waals surface area contributed by atoms with Crippen molar-refractivity contribution in [2.75, 3.05) is 0 Å². The van der Waals surface area contributed by atoms with Crippen molar-refractivity contribution in [3.8, 4) is 0 Å². The zero-order chi connectivity index (χ0) is 14.8. The third kappa shape index (κ3) is 4.31. The van der Waals surface area contributed by atoms with Crippen molar-refractivity contribution < 1.29 is 8.78 Å². The zero-order valence-electron chi connectivity index (χ0n) is 11.7. The fourth-order valence-electron chi connectivity index (χ4n) is 1.60. The Morgan fingerprint density at radius 3 is 2.50 bits per heavy atom. The lowest BCUT2D eigenvalue weighted by molar-refractivity contribution is 0.423. The lowest BCUT2D eigenvalue weighted by atomic mass is 10.1. The van der Waals surface area contributed by atoms with Gasteiger partial charge in [-0.2, -0.15) is 0 Å². The number of aromatic nitrogens is 2. The van der Waals surface area contributed by atoms with Crippen LogP contribution >= 0.6 is 11.3 Å². The van der Waals surface area contributed by atoms with Gasteiger partial charge in [0.05, 0.1) is 6.54 Å². The third-order valence-corrected chi connectivity index (χ3v) is 3.56. The minimum atomic E-state index is -0.571. The Hall–Kier alpha value is -1.40. The Bertz CT molecular complexity index is 590. The number of rotatable bonds is 4. The van der Waals surface area contributed by atoms with Crippen molar-refractivity contribution in [3.63, 3.8) is 0 Å². The van der Waals surface area contributed by atoms with Gasteiger partial charge < -0.3 is 5.32 Å². The lowest BCUT2D eigenvalue weighted by Crippen LogP contribution is -2.35. The number of nitrogens with one attached hydrogen (secondary N) is 1. The molecule has 20 heavy (non-hydrogen) atoms. The highest BCUT2D eigenvalue weighted by Gasteiger charge is 2.12. The summed E-state index contributed by atoms with van der Waals surface area (Å²) in [6, 6.07) is 3.58. The van der Waals surface area contributed by atoms with Gasteiger partial charge in [0.15, 0.2) is 0 Å². The van der Waals surface area contributed by atoms with E-state index in [0.29, 0.717) is 18.5 Å². The van der Waals surface area contributed by atoms with Crippen molar-refractivity contribution in [3.05, 3.63) is 45.4 Å². The molecule has 1 N–H and O–H groups in total. The molecule has 0 atom stereocenters. The molecule has 2 aromatic rings. The molecule has 0 unspecified atom stereocenters. The number of hydrogen-bond donors (Lipinski definition) is 1. The summed E-state index contributed by atoms with van der Waals surface area (Å²) in [6.07, 6.45) is 0.333. The Balaban J connectivity index is 2.02. The van der Waals surface area contributed by atoms with E-state index in [1.165, 1.54) is 23.5 Å². The van der Waals surface area contributed by atoms with Crippen LogP contribution in [0, 0.1) is 11.6 Å². The molecule has 0 bridgehead atoms. The van der Waals surface area contributed by atoms with Gasteiger partial charge in [0.1, 0.15) is 21.6 Å². The van der Waals surface area contributed by atoms with Crippen LogP contribution in [-0.4, -0.2) is 15.7 Å². The van der Waals surface area contributed by atoms with Gasteiger partial charge >= 0.3 is 0 Å². The predicted molar refractivity (Wildman–Crippen MR) is 75.7 cm³/mol. The summed E-state index contributed by atoms with van der Waals surface area (Å²) in [5, 5.41) is 13.0. The first-order valence-electron chi connectivity index (χ1n) is 6.34. The van der Waals surface area contributed by atoms with Crippen LogP contribution in [0.1, 0.15) is 36.3 Å². The van der Waals surface area contributed by atoms with Crippen LogP contribution in [0.2, 0.25) is 0 Å². The van der Waals surface area contributed by atoms with Gasteiger partial charge in [-0.15, -0.1) is 10.2 Å². The molecule has 108 valence electrons. The molecule has 0 aliphatic heterocycles. The standard InChI is InChI=1S/C14H17F2N3S/c1-14(2,3)17-8-13-19-18-12(20-13)6-9-4-5-10(15)7-11(9)16/h4-5,7,17H,6,8H2,1-3H3. The van der Waals surface area contributed by atoms with Crippen LogP contribution in [0.15, 0.2) is 18.2 Å². The van der Waals surface area contributed by atoms with Gasteiger partial charge in [0, 0.05) is 18.0 Å². The average Bonchev–Trinajstić information content (AvgIpc) is 2.77. The van der Waals surface area contributed by atoms with Gasteiger partial charge in [-0.3, -0.25) is 0 Å². The smallest absolute Gasteiger partial charge is 0.131 e. The second-order valence-electron chi connectivity index (χ2n) is 5.61. The summed E-state index contributed by atoms with van der Waals surface area (Å²) in [7, 11) is 0. The molecule has 0 spiro atoms. The highest BCUT2D eigenvalue weighted by Crippen LogP contribution is 2.18. The molecule has 0 radical (unpaired) electrons. The van der Waals surface area contributed by atoms with E-state index in [-0.39, 0.29) is 5.54 Å². The maximum atomic E-state index is 13.6. The number of hydrogen-bond acceptors (Lipinski definition) is 4. The maximum Gasteiger partial charge on any atom is 0.131 e. The molecule has 3 nitrogen and oxygen atoms in total. The van der Waals surface area contributed by atoms with Crippen LogP contribution in [0.25, 0.3) is 0 Å². The summed E-state index contributed by atoms with van der Waals surface area (Å²) in [5.74, 6) is -1.12. The molecule has 1 heterocycles. The van der Waals surface area contributed by atoms with E-state index in [9.17, 15) is 8.78 Å². The molecule has 1 aromatic carbocycles. The number of benzene rings is 1. The van der Waals surface area contributed by atoms with Gasteiger partial charge in [-0.1, -0.05) is 17.4 Å². The second kappa shape index (κ2) is 5.93. The van der Waals surface area contributed by atoms with Gasteiger partial charge in [0.25, 0.3) is 0 Å². The van der Waals surface area contributed by atoms with Crippen molar-refractivity contribution in [1.29, 1.82) is 0 Å². The Kier molecular flexibility index (Phi) is 4.45. The Morgan fingerprint density at radius 1 is 1.15 bits per heavy atom. The summed E-state index contributed by atoms with van der Waals surface area (Å²) in [6.45, 7) is 6.85. The molecule has 0 aliphatic carbocycles. The van der Waals surface area contributed by atoms with E-state index >= 15 is 0 Å². The van der Waals surface area contributed by atoms with Crippen molar-refractivity contribution >= 4 is 11.3 Å². The largest absolute Gasteiger partial charge is 0.306 e. The predicted octanol–water partition coefficient (Wildman–Crippen LogP) is 3.30. The maximum absolute atomic E-state index is 13.6. The van der Waals surface area contributed by atoms with Crippen molar-refractivity contribution in [2.24, 2.45) is 0 Å². The highest BCUT2D eigenvalue weighted by molar-refractivity contribution is 7.11. The fourth-order valence-corrected chi connectivity index (χ4v) is 2.41. The first-order valence-corrected chi connectivity index (χ1v) is 7.15. The van der Waals surface area contributed by atoms with E-state index in [2.05, 4.69) is 36.3 Å².